The first-order chi connectivity index (χ1) is 10.1. The van der Waals surface area contributed by atoms with Crippen molar-refractivity contribution in [3.8, 4) is 11.5 Å². The van der Waals surface area contributed by atoms with Gasteiger partial charge < -0.3 is 14.6 Å². The second-order valence-electron chi connectivity index (χ2n) is 4.50. The van der Waals surface area contributed by atoms with E-state index in [1.165, 1.54) is 11.8 Å². The van der Waals surface area contributed by atoms with Gasteiger partial charge in [-0.05, 0) is 17.9 Å². The van der Waals surface area contributed by atoms with Gasteiger partial charge in [-0.25, -0.2) is 10.2 Å². The van der Waals surface area contributed by atoms with Crippen molar-refractivity contribution < 1.29 is 19.4 Å². The van der Waals surface area contributed by atoms with E-state index in [1.54, 1.807) is 17.1 Å². The Balaban J connectivity index is 1.87. The molecule has 2 heterocycles. The second-order valence-corrected chi connectivity index (χ2v) is 5.81. The van der Waals surface area contributed by atoms with E-state index >= 15 is 0 Å². The predicted octanol–water partition coefficient (Wildman–Crippen LogP) is 2.05. The minimum atomic E-state index is -0.957. The Morgan fingerprint density at radius 3 is 2.86 bits per heavy atom. The van der Waals surface area contributed by atoms with Crippen LogP contribution in [0, 0.1) is 0 Å². The lowest BCUT2D eigenvalue weighted by Crippen LogP contribution is -2.33. The van der Waals surface area contributed by atoms with E-state index in [-0.39, 0.29) is 12.5 Å². The van der Waals surface area contributed by atoms with Crippen molar-refractivity contribution in [3.63, 3.8) is 0 Å². The largest absolute Gasteiger partial charge is 0.477 e. The fraction of sp³-hybridized carbons (Fsp3) is 0.308. The van der Waals surface area contributed by atoms with E-state index < -0.39 is 5.97 Å². The molecule has 0 fully saturated rings. The summed E-state index contributed by atoms with van der Waals surface area (Å²) in [6.07, 6.45) is 1.86. The predicted molar refractivity (Wildman–Crippen MR) is 79.3 cm³/mol. The van der Waals surface area contributed by atoms with Crippen LogP contribution in [0.25, 0.3) is 0 Å². The minimum Gasteiger partial charge on any atom is -0.477 e. The Hall–Kier alpha value is -1.57. The van der Waals surface area contributed by atoms with Crippen molar-refractivity contribution in [2.24, 2.45) is 0 Å². The standard InChI is InChI=1S/C13H13ClN2O4S/c1-21-11-4-15-16(12(11)13(17)18)5-7-2-9-10(3-8(7)14)20-6-19-9/h2-3,15H,4-6H2,1H3,(H,17,18). The molecule has 21 heavy (non-hydrogen) atoms. The highest BCUT2D eigenvalue weighted by molar-refractivity contribution is 8.02. The molecule has 0 aliphatic carbocycles. The van der Waals surface area contributed by atoms with E-state index in [0.717, 1.165) is 10.5 Å². The lowest BCUT2D eigenvalue weighted by molar-refractivity contribution is -0.134. The van der Waals surface area contributed by atoms with Crippen LogP contribution in [0.5, 0.6) is 11.5 Å². The Kier molecular flexibility index (Phi) is 3.88. The van der Waals surface area contributed by atoms with E-state index in [9.17, 15) is 9.90 Å². The number of hydrazine groups is 1. The molecule has 0 amide bonds. The van der Waals surface area contributed by atoms with Gasteiger partial charge in [0, 0.05) is 22.5 Å². The molecule has 0 saturated heterocycles. The number of halogens is 1. The molecule has 0 bridgehead atoms. The van der Waals surface area contributed by atoms with Gasteiger partial charge in [-0.3, -0.25) is 5.01 Å². The topological polar surface area (TPSA) is 71.0 Å². The van der Waals surface area contributed by atoms with Gasteiger partial charge >= 0.3 is 5.97 Å². The normalized spacial score (nSPS) is 16.8. The number of hydrogen-bond donors (Lipinski definition) is 2. The van der Waals surface area contributed by atoms with Crippen LogP contribution in [-0.4, -0.2) is 35.7 Å². The summed E-state index contributed by atoms with van der Waals surface area (Å²) in [6.45, 7) is 1.01. The van der Waals surface area contributed by atoms with Crippen molar-refractivity contribution in [2.75, 3.05) is 19.6 Å². The zero-order valence-electron chi connectivity index (χ0n) is 11.2. The van der Waals surface area contributed by atoms with E-state index in [1.807, 2.05) is 6.26 Å². The zero-order valence-corrected chi connectivity index (χ0v) is 12.8. The molecule has 0 spiro atoms. The number of hydrogen-bond acceptors (Lipinski definition) is 6. The highest BCUT2D eigenvalue weighted by Crippen LogP contribution is 2.37. The maximum Gasteiger partial charge on any atom is 0.354 e. The summed E-state index contributed by atoms with van der Waals surface area (Å²) in [5, 5.41) is 11.5. The van der Waals surface area contributed by atoms with Gasteiger partial charge in [0.2, 0.25) is 6.79 Å². The van der Waals surface area contributed by atoms with Crippen molar-refractivity contribution in [2.45, 2.75) is 6.54 Å². The first-order valence-electron chi connectivity index (χ1n) is 6.19. The van der Waals surface area contributed by atoms with Gasteiger partial charge in [0.25, 0.3) is 0 Å². The second kappa shape index (κ2) is 5.67. The molecule has 1 aromatic carbocycles. The highest BCUT2D eigenvalue weighted by Gasteiger charge is 2.28. The first-order valence-corrected chi connectivity index (χ1v) is 7.80. The third-order valence-corrected chi connectivity index (χ3v) is 4.47. The smallest absolute Gasteiger partial charge is 0.354 e. The molecule has 8 heteroatoms. The van der Waals surface area contributed by atoms with Crippen LogP contribution in [0.15, 0.2) is 22.7 Å². The van der Waals surface area contributed by atoms with Crippen LogP contribution in [0.4, 0.5) is 0 Å². The average molecular weight is 329 g/mol. The molecule has 2 aliphatic heterocycles. The molecular formula is C13H13ClN2O4S. The van der Waals surface area contributed by atoms with Crippen molar-refractivity contribution >= 4 is 29.3 Å². The van der Waals surface area contributed by atoms with Gasteiger partial charge in [0.05, 0.1) is 6.54 Å². The Morgan fingerprint density at radius 1 is 1.48 bits per heavy atom. The van der Waals surface area contributed by atoms with Gasteiger partial charge in [-0.1, -0.05) is 11.6 Å². The molecule has 0 atom stereocenters. The van der Waals surface area contributed by atoms with Crippen molar-refractivity contribution in [3.05, 3.63) is 33.3 Å². The summed E-state index contributed by atoms with van der Waals surface area (Å²) in [6, 6.07) is 3.47. The number of aliphatic carboxylic acids is 1. The summed E-state index contributed by atoms with van der Waals surface area (Å²) in [4.78, 5) is 12.2. The fourth-order valence-electron chi connectivity index (χ4n) is 2.27. The number of rotatable bonds is 4. The first kappa shape index (κ1) is 14.4. The summed E-state index contributed by atoms with van der Waals surface area (Å²) >= 11 is 7.65. The minimum absolute atomic E-state index is 0.175. The van der Waals surface area contributed by atoms with Crippen LogP contribution in [0.1, 0.15) is 5.56 Å². The number of nitrogens with one attached hydrogen (secondary N) is 1. The molecular weight excluding hydrogens is 316 g/mol. The summed E-state index contributed by atoms with van der Waals surface area (Å²) in [5.74, 6) is 0.276. The fourth-order valence-corrected chi connectivity index (χ4v) is 3.08. The molecule has 0 unspecified atom stereocenters. The molecule has 112 valence electrons. The zero-order chi connectivity index (χ0) is 15.0. The lowest BCUT2D eigenvalue weighted by atomic mass is 10.2. The summed E-state index contributed by atoms with van der Waals surface area (Å²) < 4.78 is 10.6. The SMILES string of the molecule is CSC1=C(C(=O)O)N(Cc2cc3c(cc2Cl)OCO3)NC1. The lowest BCUT2D eigenvalue weighted by Gasteiger charge is -2.20. The highest BCUT2D eigenvalue weighted by atomic mass is 35.5. The summed E-state index contributed by atoms with van der Waals surface area (Å²) in [7, 11) is 0. The molecule has 2 N–H and O–H groups in total. The molecule has 1 aromatic rings. The van der Waals surface area contributed by atoms with Crippen molar-refractivity contribution in [1.82, 2.24) is 10.4 Å². The molecule has 3 rings (SSSR count). The van der Waals surface area contributed by atoms with Crippen LogP contribution < -0.4 is 14.9 Å². The van der Waals surface area contributed by atoms with Crippen LogP contribution in [0.3, 0.4) is 0 Å². The number of fused-ring (bicyclic) bond motifs is 1. The molecule has 0 aromatic heterocycles. The van der Waals surface area contributed by atoms with Crippen LogP contribution >= 0.6 is 23.4 Å². The monoisotopic (exact) mass is 328 g/mol. The Labute approximate surface area is 130 Å². The van der Waals surface area contributed by atoms with Crippen LogP contribution in [0.2, 0.25) is 5.02 Å². The van der Waals surface area contributed by atoms with E-state index in [2.05, 4.69) is 5.43 Å². The molecule has 0 radical (unpaired) electrons. The summed E-state index contributed by atoms with van der Waals surface area (Å²) in [5.41, 5.74) is 4.09. The number of thioether (sulfide) groups is 1. The number of carbonyl (C=O) groups is 1. The number of carboxylic acid groups (broad SMARTS) is 1. The van der Waals surface area contributed by atoms with Gasteiger partial charge in [0.15, 0.2) is 11.5 Å². The van der Waals surface area contributed by atoms with Crippen LogP contribution in [-0.2, 0) is 11.3 Å². The number of benzene rings is 1. The van der Waals surface area contributed by atoms with Gasteiger partial charge in [-0.15, -0.1) is 11.8 Å². The third-order valence-electron chi connectivity index (χ3n) is 3.28. The third kappa shape index (κ3) is 2.64. The number of nitrogens with zero attached hydrogens (tertiary/aromatic N) is 1. The Bertz CT molecular complexity index is 635. The molecule has 2 aliphatic rings. The molecule has 6 nitrogen and oxygen atoms in total. The average Bonchev–Trinajstić information content (AvgIpc) is 3.05. The van der Waals surface area contributed by atoms with Gasteiger partial charge in [-0.2, -0.15) is 0 Å². The van der Waals surface area contributed by atoms with Crippen molar-refractivity contribution in [1.29, 1.82) is 0 Å². The number of carboxylic acids is 1. The quantitative estimate of drug-likeness (QED) is 0.876. The maximum atomic E-state index is 11.4. The van der Waals surface area contributed by atoms with Gasteiger partial charge in [0.1, 0.15) is 5.70 Å². The maximum absolute atomic E-state index is 11.4. The van der Waals surface area contributed by atoms with E-state index in [4.69, 9.17) is 21.1 Å². The number of ether oxygens (including phenoxy) is 2. The molecule has 0 saturated carbocycles. The Morgan fingerprint density at radius 2 is 2.19 bits per heavy atom. The van der Waals surface area contributed by atoms with E-state index in [0.29, 0.717) is 29.6 Å².